The molecule has 0 saturated heterocycles. The van der Waals surface area contributed by atoms with Crippen molar-refractivity contribution in [2.45, 2.75) is 19.4 Å². The monoisotopic (exact) mass is 375 g/mol. The lowest BCUT2D eigenvalue weighted by Gasteiger charge is -2.14. The SMILES string of the molecule is COC(=O)[C@H](Cc1cn(-c2c[nH]c3ccccc23)c2ccccc12)NC(C)=O. The molecule has 0 fully saturated rings. The predicted molar refractivity (Wildman–Crippen MR) is 108 cm³/mol. The number of methoxy groups -OCH3 is 1. The van der Waals surface area contributed by atoms with Gasteiger partial charge in [-0.25, -0.2) is 4.79 Å². The summed E-state index contributed by atoms with van der Waals surface area (Å²) in [5.41, 5.74) is 4.09. The molecule has 0 spiro atoms. The van der Waals surface area contributed by atoms with Crippen molar-refractivity contribution in [3.8, 4) is 5.69 Å². The van der Waals surface area contributed by atoms with Crippen molar-refractivity contribution < 1.29 is 14.3 Å². The fourth-order valence-electron chi connectivity index (χ4n) is 3.67. The number of ether oxygens (including phenoxy) is 1. The number of H-pyrrole nitrogens is 1. The maximum atomic E-state index is 12.1. The van der Waals surface area contributed by atoms with Crippen molar-refractivity contribution in [2.75, 3.05) is 7.11 Å². The summed E-state index contributed by atoms with van der Waals surface area (Å²) >= 11 is 0. The minimum absolute atomic E-state index is 0.268. The highest BCUT2D eigenvalue weighted by Gasteiger charge is 2.23. The molecule has 4 aromatic rings. The van der Waals surface area contributed by atoms with E-state index in [-0.39, 0.29) is 5.91 Å². The van der Waals surface area contributed by atoms with Crippen LogP contribution < -0.4 is 5.32 Å². The average molecular weight is 375 g/mol. The second-order valence-corrected chi connectivity index (χ2v) is 6.74. The second kappa shape index (κ2) is 7.23. The first-order valence-electron chi connectivity index (χ1n) is 9.09. The van der Waals surface area contributed by atoms with Crippen LogP contribution in [0, 0.1) is 0 Å². The Labute approximate surface area is 162 Å². The summed E-state index contributed by atoms with van der Waals surface area (Å²) in [6.07, 6.45) is 4.35. The van der Waals surface area contributed by atoms with Gasteiger partial charge in [-0.15, -0.1) is 0 Å². The average Bonchev–Trinajstić information content (AvgIpc) is 3.28. The fraction of sp³-hybridized carbons (Fsp3) is 0.182. The highest BCUT2D eigenvalue weighted by molar-refractivity contribution is 5.93. The Morgan fingerprint density at radius 1 is 1.11 bits per heavy atom. The van der Waals surface area contributed by atoms with Crippen molar-refractivity contribution in [1.29, 1.82) is 0 Å². The molecule has 2 N–H and O–H groups in total. The van der Waals surface area contributed by atoms with Crippen LogP contribution in [0.4, 0.5) is 0 Å². The summed E-state index contributed by atoms with van der Waals surface area (Å²) in [6.45, 7) is 1.39. The van der Waals surface area contributed by atoms with Gasteiger partial charge in [-0.05, 0) is 17.7 Å². The number of benzene rings is 2. The summed E-state index contributed by atoms with van der Waals surface area (Å²) in [7, 11) is 1.33. The lowest BCUT2D eigenvalue weighted by Crippen LogP contribution is -2.41. The number of para-hydroxylation sites is 2. The molecule has 2 aromatic carbocycles. The smallest absolute Gasteiger partial charge is 0.328 e. The second-order valence-electron chi connectivity index (χ2n) is 6.74. The Morgan fingerprint density at radius 2 is 1.82 bits per heavy atom. The van der Waals surface area contributed by atoms with E-state index in [1.165, 1.54) is 14.0 Å². The van der Waals surface area contributed by atoms with E-state index in [2.05, 4.69) is 20.9 Å². The molecule has 6 nitrogen and oxygen atoms in total. The zero-order valence-corrected chi connectivity index (χ0v) is 15.7. The van der Waals surface area contributed by atoms with Crippen LogP contribution in [0.25, 0.3) is 27.5 Å². The van der Waals surface area contributed by atoms with Crippen LogP contribution in [0.1, 0.15) is 12.5 Å². The summed E-state index contributed by atoms with van der Waals surface area (Å²) in [4.78, 5) is 27.0. The number of aromatic nitrogens is 2. The highest BCUT2D eigenvalue weighted by Crippen LogP contribution is 2.29. The first-order chi connectivity index (χ1) is 13.6. The van der Waals surface area contributed by atoms with Gasteiger partial charge in [0.05, 0.1) is 18.3 Å². The van der Waals surface area contributed by atoms with Crippen LogP contribution in [0.3, 0.4) is 0 Å². The number of nitrogens with one attached hydrogen (secondary N) is 2. The fourth-order valence-corrected chi connectivity index (χ4v) is 3.67. The van der Waals surface area contributed by atoms with Crippen molar-refractivity contribution in [3.63, 3.8) is 0 Å². The topological polar surface area (TPSA) is 76.1 Å². The largest absolute Gasteiger partial charge is 0.467 e. The maximum absolute atomic E-state index is 12.1. The highest BCUT2D eigenvalue weighted by atomic mass is 16.5. The summed E-state index contributed by atoms with van der Waals surface area (Å²) in [5, 5.41) is 4.84. The van der Waals surface area contributed by atoms with E-state index in [1.54, 1.807) is 0 Å². The van der Waals surface area contributed by atoms with Crippen LogP contribution in [0.5, 0.6) is 0 Å². The molecule has 1 atom stereocenters. The quantitative estimate of drug-likeness (QED) is 0.525. The first-order valence-corrected chi connectivity index (χ1v) is 9.09. The molecule has 0 saturated carbocycles. The third kappa shape index (κ3) is 3.13. The van der Waals surface area contributed by atoms with E-state index in [0.717, 1.165) is 33.1 Å². The number of nitrogens with zero attached hydrogens (tertiary/aromatic N) is 1. The number of fused-ring (bicyclic) bond motifs is 2. The Hall–Kier alpha value is -3.54. The number of hydrogen-bond donors (Lipinski definition) is 2. The van der Waals surface area contributed by atoms with Gasteiger partial charge >= 0.3 is 5.97 Å². The predicted octanol–water partition coefficient (Wildman–Crippen LogP) is 3.33. The van der Waals surface area contributed by atoms with E-state index in [9.17, 15) is 9.59 Å². The standard InChI is InChI=1S/C22H21N3O3/c1-14(26)24-19(22(27)28-2)11-15-13-25(20-10-6-4-7-16(15)20)21-12-23-18-9-5-3-8-17(18)21/h3-10,12-13,19,23H,11H2,1-2H3,(H,24,26)/t19-/m0/s1. The molecule has 0 aliphatic carbocycles. The summed E-state index contributed by atoms with van der Waals surface area (Å²) in [6, 6.07) is 15.4. The van der Waals surface area contributed by atoms with Gasteiger partial charge in [-0.1, -0.05) is 36.4 Å². The van der Waals surface area contributed by atoms with Crippen molar-refractivity contribution in [3.05, 3.63) is 66.5 Å². The van der Waals surface area contributed by atoms with Gasteiger partial charge < -0.3 is 19.6 Å². The number of amides is 1. The van der Waals surface area contributed by atoms with Crippen LogP contribution >= 0.6 is 0 Å². The molecule has 0 unspecified atom stereocenters. The third-order valence-electron chi connectivity index (χ3n) is 4.91. The molecule has 4 rings (SSSR count). The van der Waals surface area contributed by atoms with Gasteiger partial charge in [-0.3, -0.25) is 4.79 Å². The van der Waals surface area contributed by atoms with E-state index in [0.29, 0.717) is 6.42 Å². The molecule has 28 heavy (non-hydrogen) atoms. The minimum atomic E-state index is -0.732. The van der Waals surface area contributed by atoms with Gasteiger partial charge in [0.25, 0.3) is 0 Å². The van der Waals surface area contributed by atoms with Gasteiger partial charge in [0.15, 0.2) is 0 Å². The number of esters is 1. The van der Waals surface area contributed by atoms with Gasteiger partial charge in [0.1, 0.15) is 6.04 Å². The van der Waals surface area contributed by atoms with Crippen LogP contribution in [0.2, 0.25) is 0 Å². The van der Waals surface area contributed by atoms with Gasteiger partial charge in [-0.2, -0.15) is 0 Å². The summed E-state index contributed by atoms with van der Waals surface area (Å²) in [5.74, 6) is -0.727. The molecule has 142 valence electrons. The lowest BCUT2D eigenvalue weighted by molar-refractivity contribution is -0.144. The molecule has 6 heteroatoms. The molecular weight excluding hydrogens is 354 g/mol. The molecule has 0 aliphatic rings. The summed E-state index contributed by atoms with van der Waals surface area (Å²) < 4.78 is 6.99. The Bertz CT molecular complexity index is 1170. The molecule has 2 heterocycles. The van der Waals surface area contributed by atoms with Crippen LogP contribution in [-0.4, -0.2) is 34.6 Å². The van der Waals surface area contributed by atoms with E-state index in [4.69, 9.17) is 4.74 Å². The molecule has 0 aliphatic heterocycles. The molecule has 0 bridgehead atoms. The first kappa shape index (κ1) is 17.9. The van der Waals surface area contributed by atoms with Crippen molar-refractivity contribution >= 4 is 33.7 Å². The lowest BCUT2D eigenvalue weighted by atomic mass is 10.1. The molecular formula is C22H21N3O3. The normalized spacial score (nSPS) is 12.2. The van der Waals surface area contributed by atoms with E-state index in [1.807, 2.05) is 54.9 Å². The Morgan fingerprint density at radius 3 is 2.57 bits per heavy atom. The van der Waals surface area contributed by atoms with Gasteiger partial charge in [0, 0.05) is 42.0 Å². The van der Waals surface area contributed by atoms with E-state index < -0.39 is 12.0 Å². The number of aromatic amines is 1. The van der Waals surface area contributed by atoms with E-state index >= 15 is 0 Å². The number of carbonyl (C=O) groups excluding carboxylic acids is 2. The van der Waals surface area contributed by atoms with Crippen molar-refractivity contribution in [2.24, 2.45) is 0 Å². The van der Waals surface area contributed by atoms with Crippen LogP contribution in [0.15, 0.2) is 60.9 Å². The van der Waals surface area contributed by atoms with Crippen molar-refractivity contribution in [1.82, 2.24) is 14.9 Å². The maximum Gasteiger partial charge on any atom is 0.328 e. The Balaban J connectivity index is 1.83. The number of rotatable bonds is 5. The number of carbonyl (C=O) groups is 2. The zero-order valence-electron chi connectivity index (χ0n) is 15.7. The van der Waals surface area contributed by atoms with Crippen LogP contribution in [-0.2, 0) is 20.7 Å². The van der Waals surface area contributed by atoms with Gasteiger partial charge in [0.2, 0.25) is 5.91 Å². The number of hydrogen-bond acceptors (Lipinski definition) is 3. The minimum Gasteiger partial charge on any atom is -0.467 e. The third-order valence-corrected chi connectivity index (χ3v) is 4.91. The molecule has 1 amide bonds. The molecule has 2 aromatic heterocycles. The zero-order chi connectivity index (χ0) is 19.7. The molecule has 0 radical (unpaired) electrons. The Kier molecular flexibility index (Phi) is 4.61.